The molecule has 0 heterocycles. The van der Waals surface area contributed by atoms with Crippen molar-refractivity contribution in [1.29, 1.82) is 0 Å². The topological polar surface area (TPSA) is 0 Å². The van der Waals surface area contributed by atoms with Gasteiger partial charge in [-0.2, -0.15) is 13.2 Å². The second-order valence-corrected chi connectivity index (χ2v) is 10.9. The van der Waals surface area contributed by atoms with Crippen LogP contribution in [0.25, 0.3) is 44.2 Å². The Morgan fingerprint density at radius 1 is 0.587 bits per heavy atom. The van der Waals surface area contributed by atoms with Gasteiger partial charge in [0, 0.05) is 11.5 Å². The van der Waals surface area contributed by atoms with E-state index in [-0.39, 0.29) is 11.1 Å². The highest BCUT2D eigenvalue weighted by Crippen LogP contribution is 2.37. The van der Waals surface area contributed by atoms with Crippen LogP contribution in [0.2, 0.25) is 0 Å². The summed E-state index contributed by atoms with van der Waals surface area (Å²) in [7, 11) is 0. The molecule has 0 radical (unpaired) electrons. The Morgan fingerprint density at radius 2 is 1.22 bits per heavy atom. The molecule has 0 spiro atoms. The summed E-state index contributed by atoms with van der Waals surface area (Å²) < 4.78 is 128. The van der Waals surface area contributed by atoms with E-state index in [1.807, 2.05) is 24.3 Å². The number of unbranched alkanes of at least 4 members (excludes halogenated alkanes) is 3. The second-order valence-electron chi connectivity index (χ2n) is 10.9. The van der Waals surface area contributed by atoms with Gasteiger partial charge in [0.25, 0.3) is 0 Å². The average molecular weight is 641 g/mol. The van der Waals surface area contributed by atoms with Crippen molar-refractivity contribution < 1.29 is 39.5 Å². The fraction of sp³-hybridized carbons (Fsp3) is 0.189. The van der Waals surface area contributed by atoms with Gasteiger partial charge in [-0.3, -0.25) is 0 Å². The van der Waals surface area contributed by atoms with Crippen molar-refractivity contribution in [3.63, 3.8) is 0 Å². The number of benzene rings is 5. The van der Waals surface area contributed by atoms with Crippen molar-refractivity contribution >= 4 is 10.8 Å². The standard InChI is InChI=1S/C37H25F9/c1-2-3-4-5-6-21-7-9-22(10-8-21)23-11-12-27(29(38)16-23)24-17-31(40)34(32(41)18-24)25-15-26-19-30(39)28(13-14-37(44,45)46)36(43)35(26)33(42)20-25/h7-12,15-20H,2-6H2,1H3. The molecule has 0 N–H and O–H groups in total. The van der Waals surface area contributed by atoms with Crippen LogP contribution in [-0.2, 0) is 6.42 Å². The number of hydrogen-bond donors (Lipinski definition) is 0. The Morgan fingerprint density at radius 3 is 1.85 bits per heavy atom. The molecular weight excluding hydrogens is 615 g/mol. The van der Waals surface area contributed by atoms with Crippen molar-refractivity contribution in [3.05, 3.63) is 119 Å². The van der Waals surface area contributed by atoms with Gasteiger partial charge in [0.15, 0.2) is 5.82 Å². The number of rotatable bonds is 8. The van der Waals surface area contributed by atoms with E-state index < -0.39 is 68.5 Å². The van der Waals surface area contributed by atoms with E-state index in [2.05, 4.69) is 6.92 Å². The normalized spacial score (nSPS) is 11.5. The van der Waals surface area contributed by atoms with Crippen LogP contribution in [0.4, 0.5) is 39.5 Å². The SMILES string of the molecule is CCCCCCc1ccc(-c2ccc(-c3cc(F)c(-c4cc(F)c5c(F)c(C#CC(F)(F)F)c(F)cc5c4)c(F)c3)c(F)c2)cc1. The Balaban J connectivity index is 1.44. The first-order valence-corrected chi connectivity index (χ1v) is 14.5. The number of alkyl halides is 3. The van der Waals surface area contributed by atoms with Crippen LogP contribution in [0.15, 0.2) is 72.8 Å². The Hall–Kier alpha value is -4.71. The summed E-state index contributed by atoms with van der Waals surface area (Å²) in [5.41, 5.74) is -0.234. The lowest BCUT2D eigenvalue weighted by Crippen LogP contribution is -2.03. The molecule has 9 heteroatoms. The predicted molar refractivity (Wildman–Crippen MR) is 161 cm³/mol. The van der Waals surface area contributed by atoms with Crippen LogP contribution in [0.3, 0.4) is 0 Å². The van der Waals surface area contributed by atoms with Gasteiger partial charge in [-0.15, -0.1) is 0 Å². The van der Waals surface area contributed by atoms with Gasteiger partial charge in [-0.05, 0) is 82.4 Å². The van der Waals surface area contributed by atoms with Crippen LogP contribution in [0, 0.1) is 46.7 Å². The van der Waals surface area contributed by atoms with Gasteiger partial charge >= 0.3 is 6.18 Å². The molecule has 0 saturated carbocycles. The number of halogens is 9. The molecule has 0 aliphatic heterocycles. The maximum Gasteiger partial charge on any atom is 0.458 e. The highest BCUT2D eigenvalue weighted by molar-refractivity contribution is 5.90. The molecule has 0 nitrogen and oxygen atoms in total. The molecule has 236 valence electrons. The summed E-state index contributed by atoms with van der Waals surface area (Å²) in [6.45, 7) is 2.15. The van der Waals surface area contributed by atoms with Gasteiger partial charge in [-0.25, -0.2) is 26.3 Å². The van der Waals surface area contributed by atoms with Crippen molar-refractivity contribution in [2.45, 2.75) is 45.2 Å². The van der Waals surface area contributed by atoms with Gasteiger partial charge < -0.3 is 0 Å². The van der Waals surface area contributed by atoms with Crippen LogP contribution >= 0.6 is 0 Å². The molecule has 0 aromatic heterocycles. The molecule has 46 heavy (non-hydrogen) atoms. The Kier molecular flexibility index (Phi) is 9.47. The molecule has 5 rings (SSSR count). The maximum absolute atomic E-state index is 15.3. The van der Waals surface area contributed by atoms with E-state index in [1.54, 1.807) is 6.07 Å². The second kappa shape index (κ2) is 13.3. The number of hydrogen-bond acceptors (Lipinski definition) is 0. The first-order valence-electron chi connectivity index (χ1n) is 14.5. The summed E-state index contributed by atoms with van der Waals surface area (Å²) in [4.78, 5) is 0. The zero-order chi connectivity index (χ0) is 33.2. The van der Waals surface area contributed by atoms with Crippen molar-refractivity contribution in [1.82, 2.24) is 0 Å². The lowest BCUT2D eigenvalue weighted by molar-refractivity contribution is -0.0696. The minimum Gasteiger partial charge on any atom is -0.206 e. The van der Waals surface area contributed by atoms with E-state index in [0.29, 0.717) is 17.7 Å². The molecule has 0 unspecified atom stereocenters. The van der Waals surface area contributed by atoms with Gasteiger partial charge in [0.2, 0.25) is 0 Å². The van der Waals surface area contributed by atoms with E-state index in [1.165, 1.54) is 30.0 Å². The van der Waals surface area contributed by atoms with Crippen LogP contribution < -0.4 is 0 Å². The summed E-state index contributed by atoms with van der Waals surface area (Å²) >= 11 is 0. The molecule has 5 aromatic carbocycles. The third-order valence-corrected chi connectivity index (χ3v) is 7.63. The highest BCUT2D eigenvalue weighted by atomic mass is 19.4. The van der Waals surface area contributed by atoms with E-state index in [0.717, 1.165) is 55.4 Å². The van der Waals surface area contributed by atoms with Crippen molar-refractivity contribution in [2.24, 2.45) is 0 Å². The van der Waals surface area contributed by atoms with E-state index >= 15 is 13.2 Å². The average Bonchev–Trinajstić information content (AvgIpc) is 2.98. The molecule has 0 amide bonds. The van der Waals surface area contributed by atoms with E-state index in [4.69, 9.17) is 0 Å². The van der Waals surface area contributed by atoms with Crippen molar-refractivity contribution in [3.8, 4) is 45.2 Å². The molecule has 0 fully saturated rings. The van der Waals surface area contributed by atoms with E-state index in [9.17, 15) is 26.3 Å². The maximum atomic E-state index is 15.3. The minimum absolute atomic E-state index is 0.0954. The van der Waals surface area contributed by atoms with Crippen LogP contribution in [0.1, 0.15) is 43.7 Å². The molecule has 0 aliphatic rings. The zero-order valence-electron chi connectivity index (χ0n) is 24.4. The first-order chi connectivity index (χ1) is 21.9. The highest BCUT2D eigenvalue weighted by Gasteiger charge is 2.25. The fourth-order valence-corrected chi connectivity index (χ4v) is 5.36. The molecule has 0 bridgehead atoms. The summed E-state index contributed by atoms with van der Waals surface area (Å²) in [6.07, 6.45) is 0.461. The monoisotopic (exact) mass is 640 g/mol. The molecular formula is C37H25F9. The first kappa shape index (κ1) is 32.7. The molecule has 5 aromatic rings. The van der Waals surface area contributed by atoms with Gasteiger partial charge in [-0.1, -0.05) is 68.5 Å². The third-order valence-electron chi connectivity index (χ3n) is 7.63. The fourth-order valence-electron chi connectivity index (χ4n) is 5.36. The minimum atomic E-state index is -5.05. The largest absolute Gasteiger partial charge is 0.458 e. The quantitative estimate of drug-likeness (QED) is 0.0900. The van der Waals surface area contributed by atoms with Gasteiger partial charge in [0.1, 0.15) is 29.1 Å². The molecule has 0 saturated heterocycles. The molecule has 0 atom stereocenters. The summed E-state index contributed by atoms with van der Waals surface area (Å²) in [5.74, 6) is -5.74. The Bertz CT molecular complexity index is 1960. The Labute approximate surface area is 259 Å². The van der Waals surface area contributed by atoms with Crippen molar-refractivity contribution in [2.75, 3.05) is 0 Å². The molecule has 0 aliphatic carbocycles. The number of fused-ring (bicyclic) bond motifs is 1. The van der Waals surface area contributed by atoms with Crippen LogP contribution in [-0.4, -0.2) is 6.18 Å². The predicted octanol–water partition coefficient (Wildman–Crippen LogP) is 11.7. The third kappa shape index (κ3) is 7.07. The van der Waals surface area contributed by atoms with Crippen LogP contribution in [0.5, 0.6) is 0 Å². The zero-order valence-corrected chi connectivity index (χ0v) is 24.4. The lowest BCUT2D eigenvalue weighted by Gasteiger charge is -2.13. The summed E-state index contributed by atoms with van der Waals surface area (Å²) in [6, 6.07) is 15.7. The summed E-state index contributed by atoms with van der Waals surface area (Å²) in [5, 5.41) is -1.41. The number of aryl methyl sites for hydroxylation is 1. The lowest BCUT2D eigenvalue weighted by atomic mass is 9.94. The van der Waals surface area contributed by atoms with Gasteiger partial charge in [0.05, 0.1) is 16.5 Å². The smallest absolute Gasteiger partial charge is 0.206 e.